The average Bonchev–Trinajstić information content (AvgIpc) is 1.76. The first-order chi connectivity index (χ1) is 4.72. The molecule has 0 aromatic heterocycles. The number of likely N-dealkylation sites (tertiary alicyclic amines) is 1. The van der Waals surface area contributed by atoms with Crippen molar-refractivity contribution in [3.63, 3.8) is 0 Å². The Bertz CT molecular complexity index is 97.4. The van der Waals surface area contributed by atoms with Crippen molar-refractivity contribution in [1.82, 2.24) is 4.90 Å². The molecule has 0 unspecified atom stereocenters. The Morgan fingerprint density at radius 1 is 1.50 bits per heavy atom. The van der Waals surface area contributed by atoms with E-state index in [1.807, 2.05) is 0 Å². The minimum atomic E-state index is 0.830. The minimum Gasteiger partial charge on any atom is -0.302 e. The molecule has 2 heteroatoms. The normalized spacial score (nSPS) is 21.6. The number of hydrogen-bond donors (Lipinski definition) is 0. The molecule has 0 aliphatic carbocycles. The maximum absolute atomic E-state index is 3.49. The number of hydrogen-bond acceptors (Lipinski definition) is 1. The van der Waals surface area contributed by atoms with E-state index < -0.39 is 0 Å². The van der Waals surface area contributed by atoms with Gasteiger partial charge in [-0.15, -0.1) is 0 Å². The minimum absolute atomic E-state index is 0.830. The van der Waals surface area contributed by atoms with E-state index in [4.69, 9.17) is 0 Å². The Labute approximate surface area is 71.9 Å². The molecule has 1 nitrogen and oxygen atoms in total. The smallest absolute Gasteiger partial charge is 0.00841 e. The second kappa shape index (κ2) is 3.72. The van der Waals surface area contributed by atoms with E-state index in [2.05, 4.69) is 34.7 Å². The highest BCUT2D eigenvalue weighted by atomic mass is 79.9. The lowest BCUT2D eigenvalue weighted by atomic mass is 10.0. The summed E-state index contributed by atoms with van der Waals surface area (Å²) in [4.78, 5) is 2.52. The topological polar surface area (TPSA) is 3.24 Å². The molecule has 10 heavy (non-hydrogen) atoms. The van der Waals surface area contributed by atoms with Crippen LogP contribution in [0.1, 0.15) is 13.8 Å². The third-order valence-corrected chi connectivity index (χ3v) is 2.79. The number of alkyl halides is 1. The predicted octanol–water partition coefficient (Wildman–Crippen LogP) is 1.97. The standard InChI is InChI=1S/C8H16BrN/c1-7(2)4-10-5-8(3-9)6-10/h7-8H,3-6H2,1-2H3. The summed E-state index contributed by atoms with van der Waals surface area (Å²) in [6.07, 6.45) is 0. The lowest BCUT2D eigenvalue weighted by Crippen LogP contribution is -2.48. The highest BCUT2D eigenvalue weighted by molar-refractivity contribution is 9.09. The summed E-state index contributed by atoms with van der Waals surface area (Å²) in [6, 6.07) is 0. The largest absolute Gasteiger partial charge is 0.302 e. The fourth-order valence-corrected chi connectivity index (χ4v) is 1.85. The monoisotopic (exact) mass is 205 g/mol. The van der Waals surface area contributed by atoms with Crippen molar-refractivity contribution >= 4 is 15.9 Å². The zero-order valence-corrected chi connectivity index (χ0v) is 8.39. The highest BCUT2D eigenvalue weighted by Crippen LogP contribution is 2.18. The molecule has 0 N–H and O–H groups in total. The summed E-state index contributed by atoms with van der Waals surface area (Å²) in [5, 5.41) is 1.18. The van der Waals surface area contributed by atoms with Crippen LogP contribution in [0.4, 0.5) is 0 Å². The third-order valence-electron chi connectivity index (χ3n) is 1.87. The molecule has 60 valence electrons. The maximum Gasteiger partial charge on any atom is 0.00841 e. The number of halogens is 1. The van der Waals surface area contributed by atoms with Gasteiger partial charge in [-0.05, 0) is 11.8 Å². The van der Waals surface area contributed by atoms with E-state index in [9.17, 15) is 0 Å². The Morgan fingerprint density at radius 3 is 2.50 bits per heavy atom. The van der Waals surface area contributed by atoms with E-state index in [-0.39, 0.29) is 0 Å². The van der Waals surface area contributed by atoms with Crippen molar-refractivity contribution in [1.29, 1.82) is 0 Å². The van der Waals surface area contributed by atoms with Crippen LogP contribution in [-0.2, 0) is 0 Å². The fourth-order valence-electron chi connectivity index (χ4n) is 1.44. The van der Waals surface area contributed by atoms with Gasteiger partial charge in [0.05, 0.1) is 0 Å². The Hall–Kier alpha value is 0.440. The molecule has 0 aromatic carbocycles. The van der Waals surface area contributed by atoms with Crippen LogP contribution in [0.3, 0.4) is 0 Å². The van der Waals surface area contributed by atoms with E-state index in [0.717, 1.165) is 11.8 Å². The second-order valence-corrected chi connectivity index (χ2v) is 4.28. The van der Waals surface area contributed by atoms with Gasteiger partial charge in [0, 0.05) is 25.0 Å². The molecule has 1 rings (SSSR count). The average molecular weight is 206 g/mol. The summed E-state index contributed by atoms with van der Waals surface area (Å²) in [5.41, 5.74) is 0. The van der Waals surface area contributed by atoms with Crippen molar-refractivity contribution in [2.45, 2.75) is 13.8 Å². The van der Waals surface area contributed by atoms with Gasteiger partial charge in [-0.3, -0.25) is 0 Å². The molecule has 0 atom stereocenters. The Morgan fingerprint density at radius 2 is 2.10 bits per heavy atom. The summed E-state index contributed by atoms with van der Waals surface area (Å²) >= 11 is 3.49. The summed E-state index contributed by atoms with van der Waals surface area (Å²) in [7, 11) is 0. The summed E-state index contributed by atoms with van der Waals surface area (Å²) in [5.74, 6) is 1.76. The van der Waals surface area contributed by atoms with Crippen molar-refractivity contribution in [2.24, 2.45) is 11.8 Å². The first-order valence-electron chi connectivity index (χ1n) is 4.00. The first kappa shape index (κ1) is 8.54. The molecule has 0 aromatic rings. The van der Waals surface area contributed by atoms with E-state index in [0.29, 0.717) is 0 Å². The Balaban J connectivity index is 2.03. The zero-order valence-electron chi connectivity index (χ0n) is 6.81. The van der Waals surface area contributed by atoms with Gasteiger partial charge in [0.25, 0.3) is 0 Å². The molecule has 0 amide bonds. The van der Waals surface area contributed by atoms with Crippen molar-refractivity contribution in [3.05, 3.63) is 0 Å². The molecular formula is C8H16BrN. The van der Waals surface area contributed by atoms with Crippen LogP contribution in [0.15, 0.2) is 0 Å². The molecule has 0 bridgehead atoms. The van der Waals surface area contributed by atoms with Crippen LogP contribution in [-0.4, -0.2) is 29.9 Å². The number of nitrogens with zero attached hydrogens (tertiary/aromatic N) is 1. The first-order valence-corrected chi connectivity index (χ1v) is 5.13. The van der Waals surface area contributed by atoms with E-state index in [1.54, 1.807) is 0 Å². The molecular weight excluding hydrogens is 190 g/mol. The van der Waals surface area contributed by atoms with E-state index >= 15 is 0 Å². The van der Waals surface area contributed by atoms with Gasteiger partial charge in [0.15, 0.2) is 0 Å². The van der Waals surface area contributed by atoms with Crippen LogP contribution in [0, 0.1) is 11.8 Å². The molecule has 0 radical (unpaired) electrons. The van der Waals surface area contributed by atoms with Gasteiger partial charge in [-0.2, -0.15) is 0 Å². The van der Waals surface area contributed by atoms with Gasteiger partial charge in [-0.1, -0.05) is 29.8 Å². The van der Waals surface area contributed by atoms with Gasteiger partial charge in [0.2, 0.25) is 0 Å². The maximum atomic E-state index is 3.49. The van der Waals surface area contributed by atoms with Crippen LogP contribution >= 0.6 is 15.9 Å². The van der Waals surface area contributed by atoms with Crippen molar-refractivity contribution in [3.8, 4) is 0 Å². The highest BCUT2D eigenvalue weighted by Gasteiger charge is 2.25. The van der Waals surface area contributed by atoms with Gasteiger partial charge in [-0.25, -0.2) is 0 Å². The third kappa shape index (κ3) is 2.24. The lowest BCUT2D eigenvalue weighted by Gasteiger charge is -2.39. The SMILES string of the molecule is CC(C)CN1CC(CBr)C1. The van der Waals surface area contributed by atoms with E-state index in [1.165, 1.54) is 25.0 Å². The predicted molar refractivity (Wildman–Crippen MR) is 48.6 cm³/mol. The molecule has 0 spiro atoms. The van der Waals surface area contributed by atoms with Crippen LogP contribution < -0.4 is 0 Å². The lowest BCUT2D eigenvalue weighted by molar-refractivity contribution is 0.102. The van der Waals surface area contributed by atoms with Gasteiger partial charge < -0.3 is 4.90 Å². The summed E-state index contributed by atoms with van der Waals surface area (Å²) in [6.45, 7) is 8.46. The van der Waals surface area contributed by atoms with Crippen LogP contribution in [0.2, 0.25) is 0 Å². The van der Waals surface area contributed by atoms with Crippen molar-refractivity contribution < 1.29 is 0 Å². The quantitative estimate of drug-likeness (QED) is 0.638. The fraction of sp³-hybridized carbons (Fsp3) is 1.00. The van der Waals surface area contributed by atoms with Crippen molar-refractivity contribution in [2.75, 3.05) is 25.0 Å². The number of rotatable bonds is 3. The molecule has 1 saturated heterocycles. The molecule has 1 aliphatic heterocycles. The molecule has 0 saturated carbocycles. The molecule has 1 aliphatic rings. The van der Waals surface area contributed by atoms with Crippen LogP contribution in [0.25, 0.3) is 0 Å². The van der Waals surface area contributed by atoms with Gasteiger partial charge >= 0.3 is 0 Å². The summed E-state index contributed by atoms with van der Waals surface area (Å²) < 4.78 is 0. The molecule has 1 fully saturated rings. The zero-order chi connectivity index (χ0) is 7.56. The van der Waals surface area contributed by atoms with Crippen LogP contribution in [0.5, 0.6) is 0 Å². The van der Waals surface area contributed by atoms with Gasteiger partial charge in [0.1, 0.15) is 0 Å². The second-order valence-electron chi connectivity index (χ2n) is 3.63. The molecule has 1 heterocycles. The Kier molecular flexibility index (Phi) is 3.18.